The molecule has 0 aliphatic carbocycles. The van der Waals surface area contributed by atoms with Gasteiger partial charge in [-0.1, -0.05) is 48.0 Å². The number of rotatable bonds is 8. The lowest BCUT2D eigenvalue weighted by Crippen LogP contribution is -2.49. The molecule has 0 saturated carbocycles. The van der Waals surface area contributed by atoms with Gasteiger partial charge in [-0.25, -0.2) is 28.1 Å². The topological polar surface area (TPSA) is 156 Å². The van der Waals surface area contributed by atoms with Crippen molar-refractivity contribution in [2.75, 3.05) is 24.3 Å². The Labute approximate surface area is 266 Å². The van der Waals surface area contributed by atoms with E-state index in [2.05, 4.69) is 25.6 Å². The molecule has 13 nitrogen and oxygen atoms in total. The Morgan fingerprint density at radius 3 is 2.20 bits per heavy atom. The molecule has 0 bridgehead atoms. The van der Waals surface area contributed by atoms with Crippen LogP contribution in [-0.4, -0.2) is 73.9 Å². The van der Waals surface area contributed by atoms with E-state index in [4.69, 9.17) is 30.5 Å². The van der Waals surface area contributed by atoms with Crippen molar-refractivity contribution in [1.82, 2.24) is 19.5 Å². The van der Waals surface area contributed by atoms with Crippen molar-refractivity contribution < 1.29 is 42.1 Å². The molecule has 5 rings (SSSR count). The maximum absolute atomic E-state index is 16.8. The lowest BCUT2D eigenvalue weighted by Gasteiger charge is -2.27. The van der Waals surface area contributed by atoms with E-state index in [0.717, 1.165) is 10.9 Å². The smallest absolute Gasteiger partial charge is 0.414 e. The van der Waals surface area contributed by atoms with Crippen molar-refractivity contribution in [1.29, 1.82) is 0 Å². The Morgan fingerprint density at radius 1 is 1.00 bits per heavy atom. The molecule has 16 heteroatoms. The van der Waals surface area contributed by atoms with Crippen molar-refractivity contribution in [2.24, 2.45) is 0 Å². The highest BCUT2D eigenvalue weighted by atomic mass is 35.5. The Balaban J connectivity index is 1.52. The summed E-state index contributed by atoms with van der Waals surface area (Å²) in [6, 6.07) is 15.1. The summed E-state index contributed by atoms with van der Waals surface area (Å²) < 4.78 is 55.6. The highest BCUT2D eigenvalue weighted by Gasteiger charge is 2.70. The summed E-state index contributed by atoms with van der Waals surface area (Å²) in [6.45, 7) is 3.76. The number of nitrogens with one attached hydrogen (secondary N) is 2. The molecule has 1 aliphatic heterocycles. The first kappa shape index (κ1) is 32.5. The first-order valence-corrected chi connectivity index (χ1v) is 14.2. The molecule has 0 unspecified atom stereocenters. The summed E-state index contributed by atoms with van der Waals surface area (Å²) in [5.41, 5.74) is -0.876. The van der Waals surface area contributed by atoms with Gasteiger partial charge in [0, 0.05) is 7.05 Å². The number of esters is 2. The van der Waals surface area contributed by atoms with Crippen LogP contribution in [0.15, 0.2) is 67.0 Å². The van der Waals surface area contributed by atoms with E-state index in [9.17, 15) is 14.4 Å². The lowest BCUT2D eigenvalue weighted by atomic mass is 10.1. The van der Waals surface area contributed by atoms with Gasteiger partial charge in [-0.15, -0.1) is 0 Å². The number of alkyl halides is 3. The Hall–Kier alpha value is -4.89. The summed E-state index contributed by atoms with van der Waals surface area (Å²) in [6.07, 6.45) is -4.39. The van der Waals surface area contributed by atoms with E-state index in [-0.39, 0.29) is 34.1 Å². The summed E-state index contributed by atoms with van der Waals surface area (Å²) in [4.78, 5) is 50.7. The third kappa shape index (κ3) is 6.70. The highest BCUT2D eigenvalue weighted by Crippen LogP contribution is 2.53. The van der Waals surface area contributed by atoms with Gasteiger partial charge in [0.05, 0.1) is 17.5 Å². The van der Waals surface area contributed by atoms with Gasteiger partial charge < -0.3 is 24.3 Å². The Morgan fingerprint density at radius 2 is 1.61 bits per heavy atom. The van der Waals surface area contributed by atoms with Crippen LogP contribution in [0.2, 0.25) is 0 Å². The van der Waals surface area contributed by atoms with Crippen molar-refractivity contribution in [3.05, 3.63) is 78.1 Å². The molecule has 4 atom stereocenters. The standard InChI is InChI=1S/C30H29ClF2N6O7/c1-28(2,3)46-27(42)38-26-36-20(34-4)19-21(37-26)39(16-35-19)25-30(31,33)24(44-23(41)18-13-9-6-10-14-18)29(32,45-25)15-43-22(40)17-11-7-5-8-12-17/h5-14,16,24-25H,15H2,1-4H3,(H2,34,36,37,38,42)/t24-,25-,29-,30-/m1/s1. The predicted molar refractivity (Wildman–Crippen MR) is 161 cm³/mol. The molecule has 0 spiro atoms. The minimum Gasteiger partial charge on any atom is -0.456 e. The van der Waals surface area contributed by atoms with Crippen LogP contribution in [0.5, 0.6) is 0 Å². The van der Waals surface area contributed by atoms with Crippen LogP contribution in [0.25, 0.3) is 11.2 Å². The van der Waals surface area contributed by atoms with Crippen LogP contribution in [-0.2, 0) is 18.9 Å². The third-order valence-electron chi connectivity index (χ3n) is 6.55. The Kier molecular flexibility index (Phi) is 8.82. The van der Waals surface area contributed by atoms with Crippen LogP contribution in [0.1, 0.15) is 47.7 Å². The molecule has 0 radical (unpaired) electrons. The second kappa shape index (κ2) is 12.5. The van der Waals surface area contributed by atoms with Gasteiger partial charge in [-0.3, -0.25) is 9.88 Å². The molecule has 1 amide bonds. The zero-order valence-electron chi connectivity index (χ0n) is 25.0. The minimum atomic E-state index is -3.32. The van der Waals surface area contributed by atoms with E-state index in [1.807, 2.05) is 0 Å². The van der Waals surface area contributed by atoms with Gasteiger partial charge in [0.2, 0.25) is 12.1 Å². The first-order valence-electron chi connectivity index (χ1n) is 13.9. The largest absolute Gasteiger partial charge is 0.456 e. The number of nitrogens with zero attached hydrogens (tertiary/aromatic N) is 4. The van der Waals surface area contributed by atoms with Crippen LogP contribution in [0.3, 0.4) is 0 Å². The highest BCUT2D eigenvalue weighted by molar-refractivity contribution is 6.24. The number of benzene rings is 2. The fourth-order valence-electron chi connectivity index (χ4n) is 4.55. The van der Waals surface area contributed by atoms with E-state index >= 15 is 8.78 Å². The van der Waals surface area contributed by atoms with Crippen LogP contribution >= 0.6 is 11.6 Å². The first-order chi connectivity index (χ1) is 21.7. The quantitative estimate of drug-likeness (QED) is 0.142. The van der Waals surface area contributed by atoms with Gasteiger partial charge in [0.15, 0.2) is 29.8 Å². The average molecular weight is 659 g/mol. The zero-order valence-corrected chi connectivity index (χ0v) is 25.7. The van der Waals surface area contributed by atoms with Gasteiger partial charge in [0.25, 0.3) is 11.0 Å². The molecule has 1 aliphatic rings. The van der Waals surface area contributed by atoms with Gasteiger partial charge in [-0.2, -0.15) is 9.97 Å². The number of hydrogen-bond donors (Lipinski definition) is 2. The molecule has 2 aromatic heterocycles. The molecule has 2 N–H and O–H groups in total. The van der Waals surface area contributed by atoms with Gasteiger partial charge in [0.1, 0.15) is 5.60 Å². The SMILES string of the molecule is CNc1nc(NC(=O)OC(C)(C)C)nc2c1ncn2[C@@H]1O[C@](F)(COC(=O)c2ccccc2)[C@@H](OC(=O)c2ccccc2)[C@]1(F)Cl. The number of anilines is 2. The second-order valence-corrected chi connectivity index (χ2v) is 11.7. The molecule has 1 fully saturated rings. The fourth-order valence-corrected chi connectivity index (χ4v) is 4.90. The number of hydrogen-bond acceptors (Lipinski definition) is 11. The summed E-state index contributed by atoms with van der Waals surface area (Å²) in [7, 11) is 1.51. The number of imidazole rings is 1. The molecular formula is C30H29ClF2N6O7. The number of ether oxygens (including phenoxy) is 4. The molecule has 1 saturated heterocycles. The monoisotopic (exact) mass is 658 g/mol. The summed E-state index contributed by atoms with van der Waals surface area (Å²) >= 11 is 6.36. The van der Waals surface area contributed by atoms with E-state index in [1.54, 1.807) is 45.0 Å². The summed E-state index contributed by atoms with van der Waals surface area (Å²) in [5, 5.41) is 1.84. The maximum atomic E-state index is 16.8. The van der Waals surface area contributed by atoms with Crippen molar-refractivity contribution in [3.8, 4) is 0 Å². The fraction of sp³-hybridized carbons (Fsp3) is 0.333. The average Bonchev–Trinajstić information content (AvgIpc) is 3.51. The second-order valence-electron chi connectivity index (χ2n) is 11.1. The lowest BCUT2D eigenvalue weighted by molar-refractivity contribution is -0.207. The van der Waals surface area contributed by atoms with Crippen molar-refractivity contribution in [2.45, 2.75) is 49.7 Å². The predicted octanol–water partition coefficient (Wildman–Crippen LogP) is 5.40. The molecular weight excluding hydrogens is 630 g/mol. The van der Waals surface area contributed by atoms with E-state index in [1.165, 1.54) is 43.4 Å². The van der Waals surface area contributed by atoms with Crippen LogP contribution < -0.4 is 10.6 Å². The number of aromatic nitrogens is 4. The minimum absolute atomic E-state index is 0.0283. The molecule has 3 heterocycles. The zero-order chi connectivity index (χ0) is 33.3. The number of carbonyl (C=O) groups excluding carboxylic acids is 3. The number of halogens is 3. The van der Waals surface area contributed by atoms with Crippen LogP contribution in [0, 0.1) is 0 Å². The van der Waals surface area contributed by atoms with Crippen molar-refractivity contribution in [3.63, 3.8) is 0 Å². The number of fused-ring (bicyclic) bond motifs is 1. The van der Waals surface area contributed by atoms with Crippen LogP contribution in [0.4, 0.5) is 25.3 Å². The van der Waals surface area contributed by atoms with Gasteiger partial charge in [-0.05, 0) is 45.0 Å². The Bertz CT molecular complexity index is 1750. The normalized spacial score (nSPS) is 22.7. The number of amides is 1. The maximum Gasteiger partial charge on any atom is 0.414 e. The van der Waals surface area contributed by atoms with E-state index < -0.39 is 53.6 Å². The third-order valence-corrected chi connectivity index (χ3v) is 6.93. The number of carbonyl (C=O) groups is 3. The van der Waals surface area contributed by atoms with Crippen molar-refractivity contribution >= 4 is 52.6 Å². The molecule has 2 aromatic carbocycles. The molecule has 4 aromatic rings. The van der Waals surface area contributed by atoms with Gasteiger partial charge >= 0.3 is 18.0 Å². The summed E-state index contributed by atoms with van der Waals surface area (Å²) in [5.74, 6) is -5.55. The molecule has 242 valence electrons. The molecule has 46 heavy (non-hydrogen) atoms. The van der Waals surface area contributed by atoms with E-state index in [0.29, 0.717) is 0 Å².